The standard InChI is InChI=1S/C15H16ClN3O3/c1-21-15(20)19(22-2)13-6-4-3-5-11(13)9-17-12-7-8-14(16)18-10-12/h3-8,10,17H,9H2,1-2H3. The van der Waals surface area contributed by atoms with Crippen LogP contribution in [0.5, 0.6) is 0 Å². The minimum atomic E-state index is -0.594. The summed E-state index contributed by atoms with van der Waals surface area (Å²) in [4.78, 5) is 20.8. The topological polar surface area (TPSA) is 63.7 Å². The van der Waals surface area contributed by atoms with E-state index < -0.39 is 6.09 Å². The van der Waals surface area contributed by atoms with Gasteiger partial charge in [-0.25, -0.2) is 9.78 Å². The molecule has 22 heavy (non-hydrogen) atoms. The lowest BCUT2D eigenvalue weighted by molar-refractivity contribution is 0.115. The molecule has 0 unspecified atom stereocenters. The van der Waals surface area contributed by atoms with Gasteiger partial charge in [-0.05, 0) is 23.8 Å². The van der Waals surface area contributed by atoms with Crippen LogP contribution >= 0.6 is 11.6 Å². The SMILES string of the molecule is COC(=O)N(OC)c1ccccc1CNc1ccc(Cl)nc1. The first-order valence-electron chi connectivity index (χ1n) is 6.51. The zero-order valence-electron chi connectivity index (χ0n) is 12.2. The number of anilines is 2. The third-order valence-corrected chi connectivity index (χ3v) is 3.17. The lowest BCUT2D eigenvalue weighted by Gasteiger charge is -2.21. The van der Waals surface area contributed by atoms with Gasteiger partial charge in [-0.3, -0.25) is 4.84 Å². The molecule has 2 rings (SSSR count). The van der Waals surface area contributed by atoms with Crippen LogP contribution in [-0.2, 0) is 16.1 Å². The molecule has 1 aromatic carbocycles. The van der Waals surface area contributed by atoms with Crippen LogP contribution in [0.4, 0.5) is 16.2 Å². The summed E-state index contributed by atoms with van der Waals surface area (Å²) in [5.74, 6) is 0. The van der Waals surface area contributed by atoms with E-state index in [1.165, 1.54) is 14.2 Å². The van der Waals surface area contributed by atoms with Crippen molar-refractivity contribution in [3.8, 4) is 0 Å². The molecule has 116 valence electrons. The molecule has 0 saturated heterocycles. The Bertz CT molecular complexity index is 634. The van der Waals surface area contributed by atoms with Crippen molar-refractivity contribution in [1.29, 1.82) is 0 Å². The van der Waals surface area contributed by atoms with Crippen LogP contribution in [0.25, 0.3) is 0 Å². The maximum absolute atomic E-state index is 11.7. The molecule has 0 aliphatic carbocycles. The summed E-state index contributed by atoms with van der Waals surface area (Å²) in [5, 5.41) is 4.74. The van der Waals surface area contributed by atoms with Crippen molar-refractivity contribution in [2.24, 2.45) is 0 Å². The molecule has 0 spiro atoms. The molecule has 0 fully saturated rings. The number of aromatic nitrogens is 1. The number of pyridine rings is 1. The second-order valence-electron chi connectivity index (χ2n) is 4.30. The highest BCUT2D eigenvalue weighted by Gasteiger charge is 2.18. The van der Waals surface area contributed by atoms with Gasteiger partial charge in [0.25, 0.3) is 0 Å². The van der Waals surface area contributed by atoms with Crippen LogP contribution in [0, 0.1) is 0 Å². The number of rotatable bonds is 5. The summed E-state index contributed by atoms with van der Waals surface area (Å²) in [7, 11) is 2.71. The zero-order valence-corrected chi connectivity index (χ0v) is 13.0. The molecule has 0 atom stereocenters. The van der Waals surface area contributed by atoms with Crippen molar-refractivity contribution in [1.82, 2.24) is 4.98 Å². The highest BCUT2D eigenvalue weighted by molar-refractivity contribution is 6.29. The van der Waals surface area contributed by atoms with Crippen molar-refractivity contribution >= 4 is 29.1 Å². The van der Waals surface area contributed by atoms with Crippen molar-refractivity contribution in [2.75, 3.05) is 24.6 Å². The second kappa shape index (κ2) is 7.63. The number of hydrogen-bond acceptors (Lipinski definition) is 5. The normalized spacial score (nSPS) is 10.1. The van der Waals surface area contributed by atoms with Crippen LogP contribution in [0.1, 0.15) is 5.56 Å². The highest BCUT2D eigenvalue weighted by Crippen LogP contribution is 2.22. The van der Waals surface area contributed by atoms with Crippen LogP contribution in [0.15, 0.2) is 42.6 Å². The lowest BCUT2D eigenvalue weighted by Crippen LogP contribution is -2.30. The molecule has 2 aromatic rings. The van der Waals surface area contributed by atoms with Crippen molar-refractivity contribution in [3.63, 3.8) is 0 Å². The fourth-order valence-corrected chi connectivity index (χ4v) is 2.00. The summed E-state index contributed by atoms with van der Waals surface area (Å²) in [5.41, 5.74) is 2.29. The molecule has 1 N–H and O–H groups in total. The number of methoxy groups -OCH3 is 1. The summed E-state index contributed by atoms with van der Waals surface area (Å²) >= 11 is 5.75. The number of carbonyl (C=O) groups excluding carboxylic acids is 1. The summed E-state index contributed by atoms with van der Waals surface area (Å²) in [6.07, 6.45) is 1.04. The number of hydroxylamine groups is 1. The van der Waals surface area contributed by atoms with Crippen LogP contribution in [0.3, 0.4) is 0 Å². The minimum absolute atomic E-state index is 0.433. The molecule has 0 radical (unpaired) electrons. The zero-order chi connectivity index (χ0) is 15.9. The number of nitrogens with one attached hydrogen (secondary N) is 1. The first-order valence-corrected chi connectivity index (χ1v) is 6.89. The third kappa shape index (κ3) is 3.87. The number of halogens is 1. The molecule has 0 aliphatic rings. The predicted molar refractivity (Wildman–Crippen MR) is 84.9 cm³/mol. The van der Waals surface area contributed by atoms with E-state index in [4.69, 9.17) is 21.2 Å². The second-order valence-corrected chi connectivity index (χ2v) is 4.69. The fraction of sp³-hybridized carbons (Fsp3) is 0.200. The Labute approximate surface area is 133 Å². The van der Waals surface area contributed by atoms with E-state index in [1.807, 2.05) is 24.3 Å². The Hall–Kier alpha value is -2.31. The van der Waals surface area contributed by atoms with E-state index in [-0.39, 0.29) is 0 Å². The molecule has 0 saturated carbocycles. The monoisotopic (exact) mass is 321 g/mol. The molecule has 0 bridgehead atoms. The first-order chi connectivity index (χ1) is 10.7. The number of amides is 1. The molecular formula is C15H16ClN3O3. The minimum Gasteiger partial charge on any atom is -0.451 e. The quantitative estimate of drug-likeness (QED) is 0.674. The van der Waals surface area contributed by atoms with E-state index in [9.17, 15) is 4.79 Å². The Kier molecular flexibility index (Phi) is 5.57. The van der Waals surface area contributed by atoms with Gasteiger partial charge in [-0.15, -0.1) is 0 Å². The van der Waals surface area contributed by atoms with Crippen molar-refractivity contribution in [2.45, 2.75) is 6.54 Å². The number of ether oxygens (including phenoxy) is 1. The Morgan fingerprint density at radius 2 is 2.05 bits per heavy atom. The molecule has 6 nitrogen and oxygen atoms in total. The van der Waals surface area contributed by atoms with Crippen LogP contribution < -0.4 is 10.4 Å². The highest BCUT2D eigenvalue weighted by atomic mass is 35.5. The van der Waals surface area contributed by atoms with Gasteiger partial charge in [0.1, 0.15) is 5.15 Å². The van der Waals surface area contributed by atoms with Gasteiger partial charge in [0.15, 0.2) is 0 Å². The van der Waals surface area contributed by atoms with Gasteiger partial charge in [-0.2, -0.15) is 5.06 Å². The van der Waals surface area contributed by atoms with Gasteiger partial charge in [0, 0.05) is 6.54 Å². The van der Waals surface area contributed by atoms with Gasteiger partial charge >= 0.3 is 6.09 Å². The molecule has 1 amide bonds. The Morgan fingerprint density at radius 1 is 1.27 bits per heavy atom. The number of benzene rings is 1. The maximum Gasteiger partial charge on any atom is 0.438 e. The number of hydrogen-bond donors (Lipinski definition) is 1. The van der Waals surface area contributed by atoms with Gasteiger partial charge in [-0.1, -0.05) is 29.8 Å². The van der Waals surface area contributed by atoms with Gasteiger partial charge in [0.05, 0.1) is 31.8 Å². The maximum atomic E-state index is 11.7. The van der Waals surface area contributed by atoms with E-state index in [1.54, 1.807) is 18.3 Å². The summed E-state index contributed by atoms with van der Waals surface area (Å²) in [6.45, 7) is 0.482. The number of para-hydroxylation sites is 1. The summed E-state index contributed by atoms with van der Waals surface area (Å²) in [6, 6.07) is 10.9. The van der Waals surface area contributed by atoms with E-state index >= 15 is 0 Å². The lowest BCUT2D eigenvalue weighted by atomic mass is 10.1. The number of nitrogens with zero attached hydrogens (tertiary/aromatic N) is 2. The Balaban J connectivity index is 2.17. The largest absolute Gasteiger partial charge is 0.451 e. The first kappa shape index (κ1) is 16.1. The van der Waals surface area contributed by atoms with Crippen LogP contribution in [-0.4, -0.2) is 25.3 Å². The number of carbonyl (C=O) groups is 1. The van der Waals surface area contributed by atoms with E-state index in [0.29, 0.717) is 17.4 Å². The predicted octanol–water partition coefficient (Wildman–Crippen LogP) is 3.48. The van der Waals surface area contributed by atoms with Gasteiger partial charge < -0.3 is 10.1 Å². The Morgan fingerprint density at radius 3 is 2.68 bits per heavy atom. The van der Waals surface area contributed by atoms with E-state index in [2.05, 4.69) is 10.3 Å². The summed E-state index contributed by atoms with van der Waals surface area (Å²) < 4.78 is 4.71. The average molecular weight is 322 g/mol. The van der Waals surface area contributed by atoms with E-state index in [0.717, 1.165) is 16.3 Å². The molecule has 1 aromatic heterocycles. The van der Waals surface area contributed by atoms with Crippen molar-refractivity contribution < 1.29 is 14.4 Å². The molecule has 0 aliphatic heterocycles. The third-order valence-electron chi connectivity index (χ3n) is 2.94. The molecule has 7 heteroatoms. The van der Waals surface area contributed by atoms with Gasteiger partial charge in [0.2, 0.25) is 0 Å². The smallest absolute Gasteiger partial charge is 0.438 e. The van der Waals surface area contributed by atoms with Crippen LogP contribution in [0.2, 0.25) is 5.15 Å². The average Bonchev–Trinajstić information content (AvgIpc) is 2.56. The molecule has 1 heterocycles. The fourth-order valence-electron chi connectivity index (χ4n) is 1.89. The molecular weight excluding hydrogens is 306 g/mol. The van der Waals surface area contributed by atoms with Crippen molar-refractivity contribution in [3.05, 3.63) is 53.3 Å².